The molecule has 0 saturated carbocycles. The van der Waals surface area contributed by atoms with Gasteiger partial charge in [0.15, 0.2) is 11.5 Å². The first-order valence-corrected chi connectivity index (χ1v) is 10.1. The lowest BCUT2D eigenvalue weighted by atomic mass is 9.97. The molecule has 5 heterocycles. The number of carbonyl (C=O) groups is 1. The van der Waals surface area contributed by atoms with E-state index < -0.39 is 0 Å². The number of pyridine rings is 1. The molecule has 0 radical (unpaired) electrons. The summed E-state index contributed by atoms with van der Waals surface area (Å²) in [5.41, 5.74) is 2.75. The Bertz CT molecular complexity index is 1130. The van der Waals surface area contributed by atoms with Crippen LogP contribution in [0.3, 0.4) is 0 Å². The van der Waals surface area contributed by atoms with E-state index in [0.717, 1.165) is 47.6 Å². The van der Waals surface area contributed by atoms with Crippen LogP contribution >= 0.6 is 0 Å². The highest BCUT2D eigenvalue weighted by molar-refractivity contribution is 5.84. The van der Waals surface area contributed by atoms with Crippen LogP contribution in [0, 0.1) is 5.92 Å². The maximum Gasteiger partial charge on any atom is 0.224 e. The molecule has 148 valence electrons. The number of furan rings is 1. The summed E-state index contributed by atoms with van der Waals surface area (Å²) in [6.07, 6.45) is 8.02. The van der Waals surface area contributed by atoms with E-state index in [9.17, 15) is 4.79 Å². The highest BCUT2D eigenvalue weighted by atomic mass is 16.3. The van der Waals surface area contributed by atoms with E-state index in [-0.39, 0.29) is 11.8 Å². The van der Waals surface area contributed by atoms with Gasteiger partial charge in [0.25, 0.3) is 0 Å². The number of nitrogens with zero attached hydrogens (tertiary/aromatic N) is 4. The van der Waals surface area contributed by atoms with Gasteiger partial charge in [-0.1, -0.05) is 0 Å². The second-order valence-electron chi connectivity index (χ2n) is 7.45. The SMILES string of the molecule is O=C(NCCc1ccco1)C1CCCN(c2nc3ncccc3n3cccc23)C1. The molecule has 1 N–H and O–H groups in total. The van der Waals surface area contributed by atoms with Crippen LogP contribution in [0.4, 0.5) is 5.82 Å². The average molecular weight is 389 g/mol. The van der Waals surface area contributed by atoms with Crippen LogP contribution in [-0.2, 0) is 11.2 Å². The van der Waals surface area contributed by atoms with Gasteiger partial charge in [0.05, 0.1) is 23.2 Å². The molecule has 0 bridgehead atoms. The summed E-state index contributed by atoms with van der Waals surface area (Å²) in [5.74, 6) is 1.84. The molecule has 7 nitrogen and oxygen atoms in total. The molecule has 1 aliphatic rings. The number of rotatable bonds is 5. The minimum atomic E-state index is -0.0448. The summed E-state index contributed by atoms with van der Waals surface area (Å²) in [6, 6.07) is 11.8. The maximum absolute atomic E-state index is 12.7. The van der Waals surface area contributed by atoms with E-state index in [1.165, 1.54) is 0 Å². The quantitative estimate of drug-likeness (QED) is 0.568. The minimum absolute atomic E-state index is 0.0448. The largest absolute Gasteiger partial charge is 0.469 e. The standard InChI is InChI=1S/C22H23N5O2/c28-22(24-11-9-17-6-4-14-29-17)16-5-2-12-26(15-16)21-19-8-3-13-27(19)18-7-1-10-23-20(18)25-21/h1,3-4,6-8,10,13-14,16H,2,5,9,11-12,15H2,(H,24,28). The highest BCUT2D eigenvalue weighted by Crippen LogP contribution is 2.28. The molecule has 7 heteroatoms. The Morgan fingerprint density at radius 1 is 1.21 bits per heavy atom. The van der Waals surface area contributed by atoms with Crippen molar-refractivity contribution in [3.05, 3.63) is 60.8 Å². The molecule has 1 aliphatic heterocycles. The third-order valence-electron chi connectivity index (χ3n) is 5.56. The first-order chi connectivity index (χ1) is 14.3. The van der Waals surface area contributed by atoms with Gasteiger partial charge in [-0.2, -0.15) is 0 Å². The molecule has 1 amide bonds. The lowest BCUT2D eigenvalue weighted by Gasteiger charge is -2.33. The lowest BCUT2D eigenvalue weighted by molar-refractivity contribution is -0.125. The summed E-state index contributed by atoms with van der Waals surface area (Å²) in [5, 5.41) is 3.06. The predicted molar refractivity (Wildman–Crippen MR) is 111 cm³/mol. The smallest absolute Gasteiger partial charge is 0.224 e. The van der Waals surface area contributed by atoms with E-state index >= 15 is 0 Å². The van der Waals surface area contributed by atoms with E-state index in [0.29, 0.717) is 19.5 Å². The zero-order valence-electron chi connectivity index (χ0n) is 16.1. The summed E-state index contributed by atoms with van der Waals surface area (Å²) in [4.78, 5) is 24.2. The number of hydrogen-bond donors (Lipinski definition) is 1. The monoisotopic (exact) mass is 389 g/mol. The normalized spacial score (nSPS) is 17.1. The van der Waals surface area contributed by atoms with E-state index in [1.807, 2.05) is 36.5 Å². The summed E-state index contributed by atoms with van der Waals surface area (Å²) in [6.45, 7) is 2.14. The highest BCUT2D eigenvalue weighted by Gasteiger charge is 2.27. The van der Waals surface area contributed by atoms with Gasteiger partial charge in [-0.3, -0.25) is 4.79 Å². The fraction of sp³-hybridized carbons (Fsp3) is 0.318. The fourth-order valence-electron chi connectivity index (χ4n) is 4.12. The first kappa shape index (κ1) is 17.7. The van der Waals surface area contributed by atoms with Crippen LogP contribution in [0.2, 0.25) is 0 Å². The number of hydrogen-bond acceptors (Lipinski definition) is 5. The molecule has 0 aliphatic carbocycles. The Morgan fingerprint density at radius 3 is 3.03 bits per heavy atom. The van der Waals surface area contributed by atoms with Crippen LogP contribution in [0.15, 0.2) is 59.5 Å². The number of amides is 1. The van der Waals surface area contributed by atoms with Gasteiger partial charge < -0.3 is 19.0 Å². The molecule has 4 aromatic heterocycles. The van der Waals surface area contributed by atoms with Crippen LogP contribution in [-0.4, -0.2) is 39.9 Å². The molecule has 4 aromatic rings. The number of piperidine rings is 1. The van der Waals surface area contributed by atoms with Crippen LogP contribution in [0.5, 0.6) is 0 Å². The summed E-state index contributed by atoms with van der Waals surface area (Å²) < 4.78 is 7.45. The average Bonchev–Trinajstić information content (AvgIpc) is 3.45. The van der Waals surface area contributed by atoms with E-state index in [1.54, 1.807) is 12.5 Å². The number of carbonyl (C=O) groups excluding carboxylic acids is 1. The predicted octanol–water partition coefficient (Wildman–Crippen LogP) is 3.05. The number of aromatic nitrogens is 3. The molecule has 0 aromatic carbocycles. The van der Waals surface area contributed by atoms with Gasteiger partial charge in [-0.15, -0.1) is 0 Å². The Labute approximate surface area is 168 Å². The maximum atomic E-state index is 12.7. The third-order valence-corrected chi connectivity index (χ3v) is 5.56. The van der Waals surface area contributed by atoms with Crippen molar-refractivity contribution in [2.45, 2.75) is 19.3 Å². The lowest BCUT2D eigenvalue weighted by Crippen LogP contribution is -2.44. The third kappa shape index (κ3) is 3.44. The summed E-state index contributed by atoms with van der Waals surface area (Å²) >= 11 is 0. The Kier molecular flexibility index (Phi) is 4.63. The van der Waals surface area contributed by atoms with Gasteiger partial charge in [0.2, 0.25) is 5.91 Å². The van der Waals surface area contributed by atoms with Crippen LogP contribution < -0.4 is 10.2 Å². The van der Waals surface area contributed by atoms with Gasteiger partial charge in [-0.05, 0) is 49.2 Å². The van der Waals surface area contributed by atoms with Crippen molar-refractivity contribution in [2.24, 2.45) is 5.92 Å². The fourth-order valence-corrected chi connectivity index (χ4v) is 4.12. The molecule has 1 fully saturated rings. The first-order valence-electron chi connectivity index (χ1n) is 10.1. The van der Waals surface area contributed by atoms with E-state index in [4.69, 9.17) is 9.40 Å². The van der Waals surface area contributed by atoms with Crippen molar-refractivity contribution >= 4 is 28.4 Å². The Morgan fingerprint density at radius 2 is 2.14 bits per heavy atom. The van der Waals surface area contributed by atoms with Crippen molar-refractivity contribution in [2.75, 3.05) is 24.5 Å². The van der Waals surface area contributed by atoms with Gasteiger partial charge in [-0.25, -0.2) is 9.97 Å². The van der Waals surface area contributed by atoms with Crippen molar-refractivity contribution < 1.29 is 9.21 Å². The molecule has 5 rings (SSSR count). The molecule has 0 spiro atoms. The van der Waals surface area contributed by atoms with Crippen molar-refractivity contribution in [3.8, 4) is 0 Å². The van der Waals surface area contributed by atoms with Crippen molar-refractivity contribution in [1.82, 2.24) is 19.7 Å². The molecule has 1 saturated heterocycles. The van der Waals surface area contributed by atoms with Gasteiger partial charge in [0.1, 0.15) is 5.76 Å². The Hall–Kier alpha value is -3.35. The molecule has 29 heavy (non-hydrogen) atoms. The number of nitrogens with one attached hydrogen (secondary N) is 1. The molecular weight excluding hydrogens is 366 g/mol. The molecule has 1 atom stereocenters. The van der Waals surface area contributed by atoms with Gasteiger partial charge in [0, 0.05) is 38.4 Å². The van der Waals surface area contributed by atoms with Crippen LogP contribution in [0.1, 0.15) is 18.6 Å². The van der Waals surface area contributed by atoms with Crippen molar-refractivity contribution in [3.63, 3.8) is 0 Å². The Balaban J connectivity index is 1.33. The minimum Gasteiger partial charge on any atom is -0.469 e. The zero-order valence-corrected chi connectivity index (χ0v) is 16.1. The van der Waals surface area contributed by atoms with Gasteiger partial charge >= 0.3 is 0 Å². The molecular formula is C22H23N5O2. The molecule has 1 unspecified atom stereocenters. The number of anilines is 1. The second kappa shape index (κ2) is 7.58. The van der Waals surface area contributed by atoms with Crippen LogP contribution in [0.25, 0.3) is 16.7 Å². The second-order valence-corrected chi connectivity index (χ2v) is 7.45. The number of fused-ring (bicyclic) bond motifs is 3. The van der Waals surface area contributed by atoms with E-state index in [2.05, 4.69) is 25.7 Å². The topological polar surface area (TPSA) is 75.7 Å². The van der Waals surface area contributed by atoms with Crippen molar-refractivity contribution in [1.29, 1.82) is 0 Å². The summed E-state index contributed by atoms with van der Waals surface area (Å²) in [7, 11) is 0. The zero-order chi connectivity index (χ0) is 19.6.